The minimum absolute atomic E-state index is 0.129. The standard InChI is InChI=1S/C25H37N3O9/c1-14(2)19(29)35-16(5)11-26-22(32)27(12-17(6)36-20(30)15(3)4)24(34)28(23(26)33)13-18(7)37-21(31)25(8,9)10/h16-18H,1,3,11-13H2,2,4-10H3. The molecule has 0 aliphatic heterocycles. The van der Waals surface area contributed by atoms with E-state index in [1.54, 1.807) is 20.8 Å². The summed E-state index contributed by atoms with van der Waals surface area (Å²) in [5.41, 5.74) is -3.50. The van der Waals surface area contributed by atoms with Crippen LogP contribution in [0.4, 0.5) is 0 Å². The van der Waals surface area contributed by atoms with Crippen molar-refractivity contribution in [2.75, 3.05) is 0 Å². The van der Waals surface area contributed by atoms with E-state index in [4.69, 9.17) is 14.2 Å². The number of ether oxygens (including phenoxy) is 3. The molecule has 0 N–H and O–H groups in total. The van der Waals surface area contributed by atoms with Crippen LogP contribution in [0.2, 0.25) is 0 Å². The molecule has 0 aliphatic carbocycles. The van der Waals surface area contributed by atoms with Gasteiger partial charge in [-0.1, -0.05) is 13.2 Å². The van der Waals surface area contributed by atoms with E-state index in [2.05, 4.69) is 13.2 Å². The Hall–Kier alpha value is -3.70. The van der Waals surface area contributed by atoms with E-state index in [1.807, 2.05) is 0 Å². The number of aromatic nitrogens is 3. The monoisotopic (exact) mass is 523 g/mol. The lowest BCUT2D eigenvalue weighted by Gasteiger charge is -2.22. The van der Waals surface area contributed by atoms with Crippen LogP contribution in [0.3, 0.4) is 0 Å². The highest BCUT2D eigenvalue weighted by Crippen LogP contribution is 2.16. The maximum absolute atomic E-state index is 13.2. The fourth-order valence-electron chi connectivity index (χ4n) is 2.96. The summed E-state index contributed by atoms with van der Waals surface area (Å²) in [4.78, 5) is 75.6. The van der Waals surface area contributed by atoms with E-state index in [0.717, 1.165) is 13.7 Å². The third-order valence-corrected chi connectivity index (χ3v) is 4.94. The predicted molar refractivity (Wildman–Crippen MR) is 135 cm³/mol. The lowest BCUT2D eigenvalue weighted by atomic mass is 9.97. The lowest BCUT2D eigenvalue weighted by Crippen LogP contribution is -2.57. The molecular formula is C25H37N3O9. The van der Waals surface area contributed by atoms with Gasteiger partial charge in [0.1, 0.15) is 18.3 Å². The number of nitrogens with zero attached hydrogens (tertiary/aromatic N) is 3. The van der Waals surface area contributed by atoms with Gasteiger partial charge >= 0.3 is 35.0 Å². The molecule has 0 amide bonds. The fourth-order valence-corrected chi connectivity index (χ4v) is 2.96. The van der Waals surface area contributed by atoms with Crippen molar-refractivity contribution in [2.24, 2.45) is 5.41 Å². The first-order valence-corrected chi connectivity index (χ1v) is 11.7. The van der Waals surface area contributed by atoms with Crippen molar-refractivity contribution >= 4 is 17.9 Å². The van der Waals surface area contributed by atoms with E-state index in [-0.39, 0.29) is 30.8 Å². The van der Waals surface area contributed by atoms with E-state index in [9.17, 15) is 28.8 Å². The molecule has 1 aromatic rings. The Morgan fingerprint density at radius 2 is 0.946 bits per heavy atom. The van der Waals surface area contributed by atoms with Crippen LogP contribution in [0, 0.1) is 5.41 Å². The molecule has 37 heavy (non-hydrogen) atoms. The molecule has 12 nitrogen and oxygen atoms in total. The van der Waals surface area contributed by atoms with Crippen LogP contribution in [0.15, 0.2) is 38.7 Å². The highest BCUT2D eigenvalue weighted by Gasteiger charge is 2.27. The summed E-state index contributed by atoms with van der Waals surface area (Å²) >= 11 is 0. The van der Waals surface area contributed by atoms with Crippen molar-refractivity contribution in [2.45, 2.75) is 93.3 Å². The van der Waals surface area contributed by atoms with E-state index in [0.29, 0.717) is 0 Å². The summed E-state index contributed by atoms with van der Waals surface area (Å²) in [5, 5.41) is 0. The number of carbonyl (C=O) groups is 3. The average molecular weight is 524 g/mol. The molecule has 1 rings (SSSR count). The molecule has 0 bridgehead atoms. The fraction of sp³-hybridized carbons (Fsp3) is 0.600. The van der Waals surface area contributed by atoms with Crippen molar-refractivity contribution in [1.82, 2.24) is 13.7 Å². The van der Waals surface area contributed by atoms with Gasteiger partial charge in [0.15, 0.2) is 0 Å². The first kappa shape index (κ1) is 31.3. The van der Waals surface area contributed by atoms with Gasteiger partial charge in [-0.05, 0) is 55.4 Å². The van der Waals surface area contributed by atoms with E-state index in [1.165, 1.54) is 34.6 Å². The van der Waals surface area contributed by atoms with Crippen molar-refractivity contribution in [3.63, 3.8) is 0 Å². The zero-order chi connectivity index (χ0) is 28.8. The van der Waals surface area contributed by atoms with Crippen molar-refractivity contribution in [1.29, 1.82) is 0 Å². The zero-order valence-electron chi connectivity index (χ0n) is 22.8. The van der Waals surface area contributed by atoms with Crippen LogP contribution in [0.1, 0.15) is 55.4 Å². The van der Waals surface area contributed by atoms with Gasteiger partial charge < -0.3 is 14.2 Å². The van der Waals surface area contributed by atoms with Gasteiger partial charge in [-0.2, -0.15) is 0 Å². The van der Waals surface area contributed by atoms with Gasteiger partial charge in [0, 0.05) is 11.1 Å². The third kappa shape index (κ3) is 8.72. The van der Waals surface area contributed by atoms with Gasteiger partial charge in [-0.15, -0.1) is 0 Å². The number of rotatable bonds is 11. The van der Waals surface area contributed by atoms with E-state index >= 15 is 0 Å². The third-order valence-electron chi connectivity index (χ3n) is 4.94. The largest absolute Gasteiger partial charge is 0.460 e. The van der Waals surface area contributed by atoms with Gasteiger partial charge in [0.05, 0.1) is 25.0 Å². The smallest absolute Gasteiger partial charge is 0.336 e. The highest BCUT2D eigenvalue weighted by molar-refractivity contribution is 5.87. The van der Waals surface area contributed by atoms with Crippen LogP contribution in [-0.2, 0) is 48.2 Å². The molecule has 3 atom stereocenters. The maximum atomic E-state index is 13.2. The molecule has 0 saturated heterocycles. The van der Waals surface area contributed by atoms with Crippen molar-refractivity contribution < 1.29 is 28.6 Å². The summed E-state index contributed by atoms with van der Waals surface area (Å²) in [6, 6.07) is 0. The van der Waals surface area contributed by atoms with Crippen LogP contribution < -0.4 is 17.1 Å². The van der Waals surface area contributed by atoms with Gasteiger partial charge in [-0.3, -0.25) is 4.79 Å². The second-order valence-corrected chi connectivity index (χ2v) is 10.1. The molecule has 3 unspecified atom stereocenters. The first-order chi connectivity index (χ1) is 16.9. The van der Waals surface area contributed by atoms with Gasteiger partial charge in [0.2, 0.25) is 0 Å². The molecule has 12 heteroatoms. The normalized spacial score (nSPS) is 13.7. The predicted octanol–water partition coefficient (Wildman–Crippen LogP) is 1.17. The Labute approximate surface area is 215 Å². The molecule has 1 heterocycles. The molecule has 1 aromatic heterocycles. The minimum Gasteiger partial charge on any atom is -0.460 e. The van der Waals surface area contributed by atoms with Crippen LogP contribution in [0.5, 0.6) is 0 Å². The maximum Gasteiger partial charge on any atom is 0.336 e. The van der Waals surface area contributed by atoms with Crippen LogP contribution >= 0.6 is 0 Å². The number of hydrogen-bond donors (Lipinski definition) is 0. The Kier molecular flexibility index (Phi) is 10.6. The van der Waals surface area contributed by atoms with Gasteiger partial charge in [-0.25, -0.2) is 37.7 Å². The molecule has 0 aromatic carbocycles. The molecule has 0 saturated carbocycles. The summed E-state index contributed by atoms with van der Waals surface area (Å²) < 4.78 is 18.0. The summed E-state index contributed by atoms with van der Waals surface area (Å²) in [6.45, 7) is 18.2. The number of esters is 3. The Balaban J connectivity index is 3.53. The van der Waals surface area contributed by atoms with Gasteiger partial charge in [0.25, 0.3) is 0 Å². The SMILES string of the molecule is C=C(C)C(=O)OC(C)Cn1c(=O)n(CC(C)OC(=O)C(=C)C)c(=O)n(CC(C)OC(=O)C(C)(C)C)c1=O. The number of hydrogen-bond acceptors (Lipinski definition) is 9. The highest BCUT2D eigenvalue weighted by atomic mass is 16.6. The molecule has 206 valence electrons. The second-order valence-electron chi connectivity index (χ2n) is 10.1. The lowest BCUT2D eigenvalue weighted by molar-refractivity contribution is -0.158. The first-order valence-electron chi connectivity index (χ1n) is 11.7. The average Bonchev–Trinajstić information content (AvgIpc) is 2.76. The zero-order valence-corrected chi connectivity index (χ0v) is 22.8. The second kappa shape index (κ2) is 12.5. The Bertz CT molecular complexity index is 1170. The Morgan fingerprint density at radius 3 is 1.19 bits per heavy atom. The number of carbonyl (C=O) groups excluding carboxylic acids is 3. The Morgan fingerprint density at radius 1 is 0.676 bits per heavy atom. The molecule has 0 fully saturated rings. The summed E-state index contributed by atoms with van der Waals surface area (Å²) in [6.07, 6.45) is -2.75. The van der Waals surface area contributed by atoms with Crippen LogP contribution in [0.25, 0.3) is 0 Å². The molecular weight excluding hydrogens is 486 g/mol. The minimum atomic E-state index is -0.984. The summed E-state index contributed by atoms with van der Waals surface area (Å²) in [5.74, 6) is -1.96. The van der Waals surface area contributed by atoms with E-state index < -0.39 is 58.7 Å². The molecule has 0 aliphatic rings. The molecule has 0 radical (unpaired) electrons. The van der Waals surface area contributed by atoms with Crippen molar-refractivity contribution in [3.05, 3.63) is 55.8 Å². The summed E-state index contributed by atoms with van der Waals surface area (Å²) in [7, 11) is 0. The molecule has 0 spiro atoms. The van der Waals surface area contributed by atoms with Crippen molar-refractivity contribution in [3.8, 4) is 0 Å². The quantitative estimate of drug-likeness (QED) is 0.237. The topological polar surface area (TPSA) is 145 Å². The van der Waals surface area contributed by atoms with Crippen LogP contribution in [-0.4, -0.2) is 49.9 Å².